The summed E-state index contributed by atoms with van der Waals surface area (Å²) in [5, 5.41) is 9.03. The third-order valence-corrected chi connectivity index (χ3v) is 4.42. The van der Waals surface area contributed by atoms with Gasteiger partial charge in [-0.15, -0.1) is 0 Å². The molecule has 0 atom stereocenters. The average Bonchev–Trinajstić information content (AvgIpc) is 2.67. The maximum absolute atomic E-state index is 12.0. The molecule has 1 aromatic carbocycles. The number of carbonyl (C=O) groups is 2. The number of amides is 3. The van der Waals surface area contributed by atoms with Gasteiger partial charge in [-0.3, -0.25) is 4.79 Å². The van der Waals surface area contributed by atoms with Crippen LogP contribution in [-0.2, 0) is 11.3 Å². The van der Waals surface area contributed by atoms with E-state index in [0.29, 0.717) is 26.1 Å². The third-order valence-electron chi connectivity index (χ3n) is 4.42. The zero-order valence-electron chi connectivity index (χ0n) is 15.7. The fourth-order valence-electron chi connectivity index (χ4n) is 2.90. The Morgan fingerprint density at radius 2 is 1.85 bits per heavy atom. The Labute approximate surface area is 156 Å². The topological polar surface area (TPSA) is 76.7 Å². The fourth-order valence-corrected chi connectivity index (χ4v) is 2.90. The van der Waals surface area contributed by atoms with Crippen molar-refractivity contribution in [2.75, 3.05) is 52.9 Å². The molecule has 144 valence electrons. The first-order valence-corrected chi connectivity index (χ1v) is 9.38. The summed E-state index contributed by atoms with van der Waals surface area (Å²) in [6, 6.07) is 9.66. The van der Waals surface area contributed by atoms with Gasteiger partial charge in [0.15, 0.2) is 0 Å². The van der Waals surface area contributed by atoms with Gasteiger partial charge in [0.05, 0.1) is 0 Å². The van der Waals surface area contributed by atoms with Crippen LogP contribution in [0.3, 0.4) is 0 Å². The summed E-state index contributed by atoms with van der Waals surface area (Å²) >= 11 is 0. The number of rotatable bonds is 9. The predicted octanol–water partition coefficient (Wildman–Crippen LogP) is 0.630. The zero-order valence-corrected chi connectivity index (χ0v) is 15.7. The highest BCUT2D eigenvalue weighted by Crippen LogP contribution is 2.02. The van der Waals surface area contributed by atoms with E-state index >= 15 is 0 Å². The molecule has 1 aromatic rings. The Morgan fingerprint density at radius 3 is 2.58 bits per heavy atom. The number of nitrogens with zero attached hydrogens (tertiary/aromatic N) is 2. The summed E-state index contributed by atoms with van der Waals surface area (Å²) < 4.78 is 0. The Bertz CT molecular complexity index is 546. The van der Waals surface area contributed by atoms with Gasteiger partial charge in [-0.25, -0.2) is 4.79 Å². The molecule has 3 N–H and O–H groups in total. The van der Waals surface area contributed by atoms with Crippen LogP contribution in [0.1, 0.15) is 18.4 Å². The van der Waals surface area contributed by atoms with Gasteiger partial charge in [0.25, 0.3) is 0 Å². The van der Waals surface area contributed by atoms with Crippen LogP contribution in [0, 0.1) is 0 Å². The van der Waals surface area contributed by atoms with E-state index in [1.54, 1.807) is 11.9 Å². The van der Waals surface area contributed by atoms with E-state index in [1.165, 1.54) is 0 Å². The molecule has 0 aromatic heterocycles. The second kappa shape index (κ2) is 11.5. The zero-order chi connectivity index (χ0) is 18.6. The first-order chi connectivity index (χ1) is 12.6. The van der Waals surface area contributed by atoms with Crippen molar-refractivity contribution >= 4 is 11.9 Å². The molecule has 3 amide bonds. The van der Waals surface area contributed by atoms with Crippen molar-refractivity contribution in [3.63, 3.8) is 0 Å². The lowest BCUT2D eigenvalue weighted by Gasteiger charge is -2.27. The van der Waals surface area contributed by atoms with Crippen molar-refractivity contribution in [2.24, 2.45) is 0 Å². The van der Waals surface area contributed by atoms with Crippen molar-refractivity contribution in [2.45, 2.75) is 19.4 Å². The van der Waals surface area contributed by atoms with Crippen molar-refractivity contribution < 1.29 is 9.59 Å². The highest BCUT2D eigenvalue weighted by molar-refractivity contribution is 5.78. The van der Waals surface area contributed by atoms with Crippen molar-refractivity contribution in [3.8, 4) is 0 Å². The second-order valence-corrected chi connectivity index (χ2v) is 6.62. The first kappa shape index (κ1) is 20.2. The minimum atomic E-state index is -0.166. The molecular formula is C19H31N5O2. The summed E-state index contributed by atoms with van der Waals surface area (Å²) in [4.78, 5) is 27.9. The predicted molar refractivity (Wildman–Crippen MR) is 103 cm³/mol. The molecule has 2 rings (SSSR count). The Morgan fingerprint density at radius 1 is 1.12 bits per heavy atom. The first-order valence-electron chi connectivity index (χ1n) is 9.38. The minimum Gasteiger partial charge on any atom is -0.356 e. The average molecular weight is 361 g/mol. The molecule has 1 heterocycles. The molecule has 1 fully saturated rings. The van der Waals surface area contributed by atoms with Crippen LogP contribution >= 0.6 is 0 Å². The molecule has 0 unspecified atom stereocenters. The van der Waals surface area contributed by atoms with Crippen LogP contribution < -0.4 is 16.0 Å². The standard InChI is InChI=1S/C19H31N5O2/c1-23(16-17-6-3-2-4-7-17)19(26)22-10-8-18(25)21-9-5-13-24-14-11-20-12-15-24/h2-4,6-7,20H,5,8-16H2,1H3,(H,21,25)(H,22,26). The number of benzene rings is 1. The van der Waals surface area contributed by atoms with Crippen LogP contribution in [0.2, 0.25) is 0 Å². The Kier molecular flexibility index (Phi) is 8.92. The molecule has 26 heavy (non-hydrogen) atoms. The van der Waals surface area contributed by atoms with Gasteiger partial charge in [0.1, 0.15) is 0 Å². The monoisotopic (exact) mass is 361 g/mol. The van der Waals surface area contributed by atoms with Gasteiger partial charge >= 0.3 is 6.03 Å². The lowest BCUT2D eigenvalue weighted by Crippen LogP contribution is -2.44. The quantitative estimate of drug-likeness (QED) is 0.564. The Hall–Kier alpha value is -2.12. The van der Waals surface area contributed by atoms with Gasteiger partial charge in [0, 0.05) is 59.3 Å². The Balaban J connectivity index is 1.51. The third kappa shape index (κ3) is 7.84. The molecule has 7 heteroatoms. The van der Waals surface area contributed by atoms with E-state index < -0.39 is 0 Å². The number of urea groups is 1. The van der Waals surface area contributed by atoms with Crippen molar-refractivity contribution in [1.29, 1.82) is 0 Å². The van der Waals surface area contributed by atoms with Gasteiger partial charge in [0.2, 0.25) is 5.91 Å². The normalized spacial score (nSPS) is 14.7. The van der Waals surface area contributed by atoms with Crippen molar-refractivity contribution in [3.05, 3.63) is 35.9 Å². The largest absolute Gasteiger partial charge is 0.356 e. The van der Waals surface area contributed by atoms with E-state index in [4.69, 9.17) is 0 Å². The summed E-state index contributed by atoms with van der Waals surface area (Å²) in [5.74, 6) is -0.0173. The van der Waals surface area contributed by atoms with E-state index in [1.807, 2.05) is 30.3 Å². The molecule has 0 spiro atoms. The molecule has 1 saturated heterocycles. The number of piperazine rings is 1. The molecular weight excluding hydrogens is 330 g/mol. The molecule has 1 aliphatic rings. The number of nitrogens with one attached hydrogen (secondary N) is 3. The van der Waals surface area contributed by atoms with Crippen LogP contribution in [0.5, 0.6) is 0 Å². The van der Waals surface area contributed by atoms with E-state index in [0.717, 1.165) is 44.7 Å². The molecule has 0 radical (unpaired) electrons. The van der Waals surface area contributed by atoms with Crippen LogP contribution in [0.4, 0.5) is 4.79 Å². The number of hydrogen-bond donors (Lipinski definition) is 3. The van der Waals surface area contributed by atoms with Gasteiger partial charge < -0.3 is 25.8 Å². The highest BCUT2D eigenvalue weighted by Gasteiger charge is 2.10. The van der Waals surface area contributed by atoms with Crippen molar-refractivity contribution in [1.82, 2.24) is 25.8 Å². The molecule has 0 aliphatic carbocycles. The van der Waals surface area contributed by atoms with Crippen LogP contribution in [0.25, 0.3) is 0 Å². The SMILES string of the molecule is CN(Cc1ccccc1)C(=O)NCCC(=O)NCCCN1CCNCC1. The second-order valence-electron chi connectivity index (χ2n) is 6.62. The number of hydrogen-bond acceptors (Lipinski definition) is 4. The molecule has 0 saturated carbocycles. The number of carbonyl (C=O) groups excluding carboxylic acids is 2. The van der Waals surface area contributed by atoms with Gasteiger partial charge in [-0.2, -0.15) is 0 Å². The molecule has 1 aliphatic heterocycles. The lowest BCUT2D eigenvalue weighted by molar-refractivity contribution is -0.120. The van der Waals surface area contributed by atoms with E-state index in [-0.39, 0.29) is 11.9 Å². The van der Waals surface area contributed by atoms with E-state index in [9.17, 15) is 9.59 Å². The maximum atomic E-state index is 12.0. The summed E-state index contributed by atoms with van der Waals surface area (Å²) in [5.41, 5.74) is 1.08. The summed E-state index contributed by atoms with van der Waals surface area (Å²) in [6.07, 6.45) is 1.26. The minimum absolute atomic E-state index is 0.0173. The van der Waals surface area contributed by atoms with Crippen LogP contribution in [-0.4, -0.2) is 74.6 Å². The highest BCUT2D eigenvalue weighted by atomic mass is 16.2. The van der Waals surface area contributed by atoms with Gasteiger partial charge in [-0.1, -0.05) is 30.3 Å². The lowest BCUT2D eigenvalue weighted by atomic mass is 10.2. The van der Waals surface area contributed by atoms with E-state index in [2.05, 4.69) is 20.9 Å². The molecule has 0 bridgehead atoms. The van der Waals surface area contributed by atoms with Crippen LogP contribution in [0.15, 0.2) is 30.3 Å². The fraction of sp³-hybridized carbons (Fsp3) is 0.579. The summed E-state index contributed by atoms with van der Waals surface area (Å²) in [6.45, 7) is 6.85. The smallest absolute Gasteiger partial charge is 0.317 e. The molecule has 7 nitrogen and oxygen atoms in total. The summed E-state index contributed by atoms with van der Waals surface area (Å²) in [7, 11) is 1.75. The van der Waals surface area contributed by atoms with Gasteiger partial charge in [-0.05, 0) is 18.5 Å². The maximum Gasteiger partial charge on any atom is 0.317 e.